The van der Waals surface area contributed by atoms with Crippen LogP contribution in [0.1, 0.15) is 73.4 Å². The van der Waals surface area contributed by atoms with Crippen molar-refractivity contribution < 1.29 is 43.1 Å². The lowest BCUT2D eigenvalue weighted by Gasteiger charge is -2.59. The molecule has 5 aliphatic heterocycles. The highest BCUT2D eigenvalue weighted by molar-refractivity contribution is 7.99. The number of rotatable bonds is 11. The minimum absolute atomic E-state index is 0.0226. The summed E-state index contributed by atoms with van der Waals surface area (Å²) < 4.78 is 35.9. The highest BCUT2D eigenvalue weighted by atomic mass is 32.2. The molecule has 0 spiro atoms. The normalized spacial score (nSPS) is 30.0. The van der Waals surface area contributed by atoms with Gasteiger partial charge in [0.25, 0.3) is 0 Å². The van der Waals surface area contributed by atoms with E-state index in [0.717, 1.165) is 22.4 Å². The zero-order valence-corrected chi connectivity index (χ0v) is 35.5. The van der Waals surface area contributed by atoms with Gasteiger partial charge >= 0.3 is 5.97 Å². The predicted octanol–water partition coefficient (Wildman–Crippen LogP) is 6.25. The molecule has 312 valence electrons. The van der Waals surface area contributed by atoms with Crippen LogP contribution in [0.2, 0.25) is 0 Å². The van der Waals surface area contributed by atoms with Gasteiger partial charge in [0.05, 0.1) is 31.2 Å². The fourth-order valence-electron chi connectivity index (χ4n) is 11.8. The van der Waals surface area contributed by atoms with Crippen molar-refractivity contribution in [1.82, 2.24) is 9.80 Å². The second-order valence-corrected chi connectivity index (χ2v) is 18.6. The zero-order chi connectivity index (χ0) is 41.9. The number of methoxy groups -OCH3 is 2. The monoisotopic (exact) mass is 831 g/mol. The summed E-state index contributed by atoms with van der Waals surface area (Å²) in [6, 6.07) is 20.0. The fraction of sp³-hybridized carbons (Fsp3) is 0.468. The molecule has 0 aromatic heterocycles. The lowest BCUT2D eigenvalue weighted by atomic mass is 9.65. The Labute approximate surface area is 354 Å². The molecule has 0 radical (unpaired) electrons. The van der Waals surface area contributed by atoms with Gasteiger partial charge in [0.15, 0.2) is 41.2 Å². The molecule has 5 heterocycles. The molecule has 2 bridgehead atoms. The maximum atomic E-state index is 14.5. The number of nitriles is 1. The van der Waals surface area contributed by atoms with Crippen LogP contribution >= 0.6 is 11.8 Å². The molecular formula is C47H49N3O9S. The molecule has 3 aromatic carbocycles. The van der Waals surface area contributed by atoms with E-state index in [-0.39, 0.29) is 55.2 Å². The lowest BCUT2D eigenvalue weighted by molar-refractivity contribution is -0.159. The number of Topliss-reactive ketones (excluding diaryl/α,β-unsaturated/α-hetero) is 1. The molecule has 12 nitrogen and oxygen atoms in total. The number of benzene rings is 3. The van der Waals surface area contributed by atoms with Gasteiger partial charge in [-0.1, -0.05) is 55.5 Å². The summed E-state index contributed by atoms with van der Waals surface area (Å²) in [6.07, 6.45) is 0.383. The number of ketones is 1. The van der Waals surface area contributed by atoms with Crippen LogP contribution in [0.5, 0.6) is 11.5 Å². The van der Waals surface area contributed by atoms with E-state index in [0.29, 0.717) is 30.2 Å². The van der Waals surface area contributed by atoms with E-state index in [1.807, 2.05) is 13.8 Å². The van der Waals surface area contributed by atoms with Crippen LogP contribution in [0.25, 0.3) is 11.1 Å². The maximum absolute atomic E-state index is 14.5. The summed E-state index contributed by atoms with van der Waals surface area (Å²) in [4.78, 5) is 33.1. The third-order valence-electron chi connectivity index (χ3n) is 14.3. The molecule has 0 saturated carbocycles. The zero-order valence-electron chi connectivity index (χ0n) is 34.7. The van der Waals surface area contributed by atoms with E-state index < -0.39 is 52.5 Å². The predicted molar refractivity (Wildman–Crippen MR) is 222 cm³/mol. The van der Waals surface area contributed by atoms with Crippen LogP contribution in [0.4, 0.5) is 0 Å². The number of thioether (sulfide) groups is 1. The molecule has 1 N–H and O–H groups in total. The Balaban J connectivity index is 0.995. The van der Waals surface area contributed by atoms with Crippen molar-refractivity contribution in [3.63, 3.8) is 0 Å². The van der Waals surface area contributed by atoms with Gasteiger partial charge in [-0.3, -0.25) is 19.4 Å². The largest absolute Gasteiger partial charge is 0.493 e. The Morgan fingerprint density at radius 2 is 1.77 bits per heavy atom. The number of hydrogen-bond donors (Lipinski definition) is 1. The summed E-state index contributed by atoms with van der Waals surface area (Å²) in [7, 11) is 3.17. The molecule has 2 aliphatic carbocycles. The second-order valence-electron chi connectivity index (χ2n) is 17.5. The Morgan fingerprint density at radius 3 is 2.45 bits per heavy atom. The van der Waals surface area contributed by atoms with Crippen molar-refractivity contribution >= 4 is 23.5 Å². The first kappa shape index (κ1) is 39.3. The molecule has 7 atom stereocenters. The minimum Gasteiger partial charge on any atom is -0.493 e. The third kappa shape index (κ3) is 5.30. The van der Waals surface area contributed by atoms with Crippen molar-refractivity contribution in [3.8, 4) is 28.7 Å². The average molecular weight is 832 g/mol. The van der Waals surface area contributed by atoms with E-state index in [9.17, 15) is 20.0 Å². The van der Waals surface area contributed by atoms with Gasteiger partial charge in [-0.25, -0.2) is 0 Å². The van der Waals surface area contributed by atoms with E-state index in [1.54, 1.807) is 32.9 Å². The first-order valence-corrected chi connectivity index (χ1v) is 21.8. The fourth-order valence-corrected chi connectivity index (χ4v) is 13.1. The quantitative estimate of drug-likeness (QED) is 0.172. The van der Waals surface area contributed by atoms with Gasteiger partial charge in [-0.15, -0.1) is 0 Å². The van der Waals surface area contributed by atoms with E-state index >= 15 is 0 Å². The minimum atomic E-state index is -2.03. The van der Waals surface area contributed by atoms with Crippen LogP contribution in [0.3, 0.4) is 0 Å². The Hall–Kier alpha value is -4.84. The third-order valence-corrected chi connectivity index (χ3v) is 15.6. The highest BCUT2D eigenvalue weighted by Gasteiger charge is 2.73. The topological polar surface area (TPSA) is 140 Å². The standard InChI is InChI=1S/C47H49N3O9S/c1-25-15-33-36(41(39(25)55-6)57-23-54-5)38-34-16-47(53)37(42-40(58-24-59-42)27(3)43(47)51)35(50(34)46(21-48)20-45(33,4)49(38)22-46)17-56-44(52)26(2)18-60-19-32-30-13-9-7-11-28(30)29-12-8-10-14-31(29)32/h7-15,26,32,34-35,38,53H,16-20,22-24H2,1-6H3/t26-,34?,35+,38+,45?,46+,47?/m1/s1. The Kier molecular flexibility index (Phi) is 9.24. The number of piperidine rings is 1. The molecule has 4 saturated heterocycles. The Bertz CT molecular complexity index is 2420. The summed E-state index contributed by atoms with van der Waals surface area (Å²) in [5.41, 5.74) is 4.74. The average Bonchev–Trinajstić information content (AvgIpc) is 3.98. The smallest absolute Gasteiger partial charge is 0.309 e. The van der Waals surface area contributed by atoms with Gasteiger partial charge in [0, 0.05) is 72.2 Å². The number of fused-ring (bicyclic) bond motifs is 12. The first-order valence-electron chi connectivity index (χ1n) is 20.6. The van der Waals surface area contributed by atoms with E-state index in [4.69, 9.17) is 28.4 Å². The first-order chi connectivity index (χ1) is 28.9. The summed E-state index contributed by atoms with van der Waals surface area (Å²) in [5.74, 6) is 1.89. The lowest BCUT2D eigenvalue weighted by Crippen LogP contribution is -2.73. The van der Waals surface area contributed by atoms with Crippen LogP contribution in [-0.2, 0) is 34.1 Å². The molecule has 60 heavy (non-hydrogen) atoms. The molecule has 3 unspecified atom stereocenters. The van der Waals surface area contributed by atoms with Crippen molar-refractivity contribution in [2.24, 2.45) is 5.92 Å². The number of aliphatic hydroxyl groups is 1. The second kappa shape index (κ2) is 14.1. The summed E-state index contributed by atoms with van der Waals surface area (Å²) in [6.45, 7) is 7.66. The van der Waals surface area contributed by atoms with E-state index in [1.165, 1.54) is 22.3 Å². The molecule has 10 rings (SSSR count). The van der Waals surface area contributed by atoms with Gasteiger partial charge in [0.1, 0.15) is 12.1 Å². The number of nitrogens with zero attached hydrogens (tertiary/aromatic N) is 3. The molecule has 0 amide bonds. The number of piperazine rings is 1. The summed E-state index contributed by atoms with van der Waals surface area (Å²) in [5, 5.41) is 24.3. The van der Waals surface area contributed by atoms with Gasteiger partial charge in [-0.05, 0) is 60.2 Å². The highest BCUT2D eigenvalue weighted by Crippen LogP contribution is 2.67. The van der Waals surface area contributed by atoms with Gasteiger partial charge in [-0.2, -0.15) is 17.0 Å². The number of carbonyl (C=O) groups excluding carboxylic acids is 2. The molecule has 7 aliphatic rings. The van der Waals surface area contributed by atoms with Crippen LogP contribution < -0.4 is 9.47 Å². The molecule has 4 fully saturated rings. The van der Waals surface area contributed by atoms with E-state index in [2.05, 4.69) is 77.4 Å². The van der Waals surface area contributed by atoms with Crippen molar-refractivity contribution in [3.05, 3.63) is 105 Å². The van der Waals surface area contributed by atoms with Crippen molar-refractivity contribution in [2.75, 3.05) is 52.5 Å². The number of hydrogen-bond acceptors (Lipinski definition) is 13. The van der Waals surface area contributed by atoms with Crippen LogP contribution in [-0.4, -0.2) is 102 Å². The van der Waals surface area contributed by atoms with Crippen LogP contribution in [0, 0.1) is 24.2 Å². The van der Waals surface area contributed by atoms with Crippen LogP contribution in [0.15, 0.2) is 77.3 Å². The molecule has 13 heteroatoms. The summed E-state index contributed by atoms with van der Waals surface area (Å²) >= 11 is 1.72. The van der Waals surface area contributed by atoms with Gasteiger partial charge in [0.2, 0.25) is 6.79 Å². The number of esters is 1. The SMILES string of the molecule is COCOc1c(OC)c(C)cc2c1[C@@H]1C3CC4(O)C(=O)C(C)=C5OCOC5=C4[C@H](COC(=O)[C@H](C)CSCC4c5ccccc5-c5ccccc54)N3[C@@]3(C#N)CN1C2(C)C3. The Morgan fingerprint density at radius 1 is 1.07 bits per heavy atom. The molecule has 3 aromatic rings. The maximum Gasteiger partial charge on any atom is 0.309 e. The number of carbonyl (C=O) groups is 2. The number of aryl methyl sites for hydroxylation is 1. The number of ether oxygens (including phenoxy) is 6. The van der Waals surface area contributed by atoms with Gasteiger partial charge < -0.3 is 33.5 Å². The molecular weight excluding hydrogens is 783 g/mol. The van der Waals surface area contributed by atoms with Crippen molar-refractivity contribution in [1.29, 1.82) is 5.26 Å². The van der Waals surface area contributed by atoms with Crippen molar-refractivity contribution in [2.45, 2.75) is 81.3 Å².